The van der Waals surface area contributed by atoms with Crippen LogP contribution in [0, 0.1) is 12.3 Å². The van der Waals surface area contributed by atoms with Gasteiger partial charge in [0.2, 0.25) is 0 Å². The van der Waals surface area contributed by atoms with Gasteiger partial charge in [0.05, 0.1) is 6.61 Å². The van der Waals surface area contributed by atoms with Crippen LogP contribution in [-0.2, 0) is 18.4 Å². The van der Waals surface area contributed by atoms with E-state index in [0.717, 1.165) is 25.0 Å². The van der Waals surface area contributed by atoms with Crippen molar-refractivity contribution in [3.63, 3.8) is 0 Å². The van der Waals surface area contributed by atoms with E-state index in [4.69, 9.17) is 4.52 Å². The smallest absolute Gasteiger partial charge is 0.275 e. The third-order valence-electron chi connectivity index (χ3n) is 7.34. The number of piperazine rings is 1. The zero-order valence-corrected chi connectivity index (χ0v) is 22.8. The fourth-order valence-corrected chi connectivity index (χ4v) is 5.34. The monoisotopic (exact) mass is 530 g/mol. The number of nitrogens with one attached hydrogen (secondary N) is 1. The van der Waals surface area contributed by atoms with E-state index in [0.29, 0.717) is 58.6 Å². The summed E-state index contributed by atoms with van der Waals surface area (Å²) in [5.41, 5.74) is 3.56. The van der Waals surface area contributed by atoms with E-state index >= 15 is 0 Å². The molecule has 0 radical (unpaired) electrons. The van der Waals surface area contributed by atoms with Crippen molar-refractivity contribution in [3.8, 4) is 11.1 Å². The minimum Gasteiger partial charge on any atom is -0.392 e. The van der Waals surface area contributed by atoms with Gasteiger partial charge in [0.15, 0.2) is 5.82 Å². The maximum atomic E-state index is 13.8. The molecule has 0 spiro atoms. The lowest BCUT2D eigenvalue weighted by Crippen LogP contribution is -2.50. The number of carbonyl (C=O) groups excluding carboxylic acids is 1. The minimum atomic E-state index is -0.333. The van der Waals surface area contributed by atoms with Gasteiger partial charge in [-0.3, -0.25) is 14.5 Å². The normalized spacial score (nSPS) is 18.7. The highest BCUT2D eigenvalue weighted by Gasteiger charge is 2.35. The molecular weight excluding hydrogens is 496 g/mol. The highest BCUT2D eigenvalue weighted by Crippen LogP contribution is 2.36. The molecule has 0 aliphatic carbocycles. The summed E-state index contributed by atoms with van der Waals surface area (Å²) in [5, 5.41) is 17.4. The van der Waals surface area contributed by atoms with Crippen molar-refractivity contribution in [2.45, 2.75) is 40.2 Å². The molecule has 1 amide bonds. The lowest BCUT2D eigenvalue weighted by Gasteiger charge is -2.41. The first kappa shape index (κ1) is 26.4. The molecule has 0 saturated carbocycles. The number of amides is 1. The van der Waals surface area contributed by atoms with Crippen molar-refractivity contribution >= 4 is 23.2 Å². The average Bonchev–Trinajstić information content (AvgIpc) is 3.29. The van der Waals surface area contributed by atoms with Gasteiger partial charge in [-0.05, 0) is 49.0 Å². The molecule has 2 aliphatic rings. The fourth-order valence-electron chi connectivity index (χ4n) is 5.34. The van der Waals surface area contributed by atoms with Gasteiger partial charge in [0, 0.05) is 56.3 Å². The number of aliphatic hydroxyl groups excluding tert-OH is 1. The van der Waals surface area contributed by atoms with Crippen LogP contribution in [0.5, 0.6) is 0 Å². The van der Waals surface area contributed by atoms with Gasteiger partial charge < -0.3 is 24.4 Å². The number of allylic oxidation sites excluding steroid dienone is 2. The molecule has 0 aromatic carbocycles. The fraction of sp³-hybridized carbons (Fsp3) is 0.379. The second-order valence-electron chi connectivity index (χ2n) is 11.0. The number of pyridine rings is 2. The second kappa shape index (κ2) is 10.2. The molecule has 1 saturated heterocycles. The summed E-state index contributed by atoms with van der Waals surface area (Å²) in [6, 6.07) is 5.17. The molecule has 0 bridgehead atoms. The van der Waals surface area contributed by atoms with E-state index in [9.17, 15) is 14.7 Å². The molecule has 2 N–H and O–H groups in total. The Labute approximate surface area is 227 Å². The number of anilines is 3. The Morgan fingerprint density at radius 3 is 2.72 bits per heavy atom. The molecule has 10 heteroatoms. The number of aryl methyl sites for hydroxylation is 2. The Bertz CT molecular complexity index is 1530. The molecule has 5 heterocycles. The van der Waals surface area contributed by atoms with Crippen LogP contribution in [0.3, 0.4) is 0 Å². The summed E-state index contributed by atoms with van der Waals surface area (Å²) in [7, 11) is 1.66. The van der Waals surface area contributed by atoms with Gasteiger partial charge in [-0.2, -0.15) is 0 Å². The number of fused-ring (bicyclic) bond motifs is 1. The van der Waals surface area contributed by atoms with Gasteiger partial charge >= 0.3 is 0 Å². The lowest BCUT2D eigenvalue weighted by molar-refractivity contribution is -0.118. The van der Waals surface area contributed by atoms with Crippen LogP contribution in [0.1, 0.15) is 38.0 Å². The van der Waals surface area contributed by atoms with Crippen molar-refractivity contribution in [1.82, 2.24) is 19.6 Å². The van der Waals surface area contributed by atoms with E-state index in [1.165, 1.54) is 4.57 Å². The minimum absolute atomic E-state index is 0.120. The molecule has 10 nitrogen and oxygen atoms in total. The molecule has 0 atom stereocenters. The predicted octanol–water partition coefficient (Wildman–Crippen LogP) is 3.89. The largest absolute Gasteiger partial charge is 0.392 e. The van der Waals surface area contributed by atoms with Crippen LogP contribution in [0.25, 0.3) is 11.1 Å². The topological polar surface area (TPSA) is 117 Å². The van der Waals surface area contributed by atoms with E-state index < -0.39 is 0 Å². The van der Waals surface area contributed by atoms with Crippen LogP contribution < -0.4 is 15.8 Å². The Balaban J connectivity index is 1.53. The lowest BCUT2D eigenvalue weighted by atomic mass is 9.81. The molecule has 5 rings (SSSR count). The third-order valence-corrected chi connectivity index (χ3v) is 7.34. The molecule has 39 heavy (non-hydrogen) atoms. The summed E-state index contributed by atoms with van der Waals surface area (Å²) < 4.78 is 6.57. The number of carbonyl (C=O) groups is 1. The van der Waals surface area contributed by atoms with Crippen molar-refractivity contribution in [3.05, 3.63) is 76.2 Å². The Morgan fingerprint density at radius 1 is 1.21 bits per heavy atom. The zero-order valence-electron chi connectivity index (χ0n) is 22.8. The number of aliphatic hydroxyl groups is 1. The van der Waals surface area contributed by atoms with E-state index in [-0.39, 0.29) is 23.5 Å². The number of hydrogen-bond donors (Lipinski definition) is 2. The maximum absolute atomic E-state index is 13.8. The molecular formula is C29H34N6O4. The number of nitrogens with zero attached hydrogens (tertiary/aromatic N) is 5. The average molecular weight is 531 g/mol. The van der Waals surface area contributed by atoms with E-state index in [1.54, 1.807) is 49.5 Å². The second-order valence-corrected chi connectivity index (χ2v) is 11.0. The van der Waals surface area contributed by atoms with Crippen LogP contribution in [0.15, 0.2) is 63.8 Å². The Hall–Kier alpha value is -4.18. The van der Waals surface area contributed by atoms with Gasteiger partial charge in [-0.25, -0.2) is 4.98 Å². The van der Waals surface area contributed by atoms with E-state index in [2.05, 4.69) is 40.8 Å². The van der Waals surface area contributed by atoms with Gasteiger partial charge in [0.1, 0.15) is 23.0 Å². The molecule has 0 unspecified atom stereocenters. The third kappa shape index (κ3) is 5.24. The highest BCUT2D eigenvalue weighted by molar-refractivity contribution is 6.06. The molecule has 1 fully saturated rings. The molecule has 2 aliphatic heterocycles. The van der Waals surface area contributed by atoms with Crippen LogP contribution in [0.4, 0.5) is 17.3 Å². The van der Waals surface area contributed by atoms with Gasteiger partial charge in [0.25, 0.3) is 11.5 Å². The number of aromatic nitrogens is 3. The van der Waals surface area contributed by atoms with Crippen LogP contribution in [-0.4, -0.2) is 50.3 Å². The van der Waals surface area contributed by atoms with Crippen molar-refractivity contribution in [2.75, 3.05) is 29.9 Å². The van der Waals surface area contributed by atoms with Crippen LogP contribution in [0.2, 0.25) is 0 Å². The first-order valence-electron chi connectivity index (χ1n) is 13.0. The zero-order chi connectivity index (χ0) is 27.9. The van der Waals surface area contributed by atoms with E-state index in [1.807, 2.05) is 6.08 Å². The number of hydrogen-bond acceptors (Lipinski definition) is 8. The van der Waals surface area contributed by atoms with Gasteiger partial charge in [-0.1, -0.05) is 31.2 Å². The first-order valence-corrected chi connectivity index (χ1v) is 13.0. The van der Waals surface area contributed by atoms with Crippen molar-refractivity contribution in [1.29, 1.82) is 0 Å². The first-order chi connectivity index (χ1) is 18.6. The Kier molecular flexibility index (Phi) is 6.90. The molecule has 3 aromatic heterocycles. The summed E-state index contributed by atoms with van der Waals surface area (Å²) in [6.45, 7) is 12.0. The Morgan fingerprint density at radius 2 is 2.00 bits per heavy atom. The highest BCUT2D eigenvalue weighted by atomic mass is 16.5. The number of rotatable bonds is 5. The summed E-state index contributed by atoms with van der Waals surface area (Å²) in [4.78, 5) is 34.9. The summed E-state index contributed by atoms with van der Waals surface area (Å²) >= 11 is 0. The summed E-state index contributed by atoms with van der Waals surface area (Å²) in [6.07, 6.45) is 7.00. The molecule has 204 valence electrons. The predicted molar refractivity (Wildman–Crippen MR) is 150 cm³/mol. The van der Waals surface area contributed by atoms with Crippen molar-refractivity contribution < 1.29 is 14.4 Å². The van der Waals surface area contributed by atoms with Crippen LogP contribution >= 0.6 is 0 Å². The van der Waals surface area contributed by atoms with Crippen molar-refractivity contribution in [2.24, 2.45) is 12.5 Å². The standard InChI is InChI=1S/C29H34N6O4/c1-18-12-24-28(38)35(11-10-34(24)9-7-29(3,4)15-18)26-22(17-36)21(6-8-30-26)20-14-23(27(37)33(5)16-20)31-25-13-19(2)39-32-25/h6,8,12-14,16,36H,1,7,9-11,15,17H2,2-5H3,(H,31,32)/b24-12-. The maximum Gasteiger partial charge on any atom is 0.275 e. The quantitative estimate of drug-likeness (QED) is 0.510. The summed E-state index contributed by atoms with van der Waals surface area (Å²) in [5.74, 6) is 1.28. The SMILES string of the molecule is C=C1/C=C2/C(=O)N(c3nccc(-c4cc(Nc5cc(C)on5)c(=O)n(C)c4)c3CO)CCN2CCC(C)(C)C1. The van der Waals surface area contributed by atoms with Gasteiger partial charge in [-0.15, -0.1) is 0 Å². The molecule has 3 aromatic rings.